The number of aryl methyl sites for hydroxylation is 1. The third kappa shape index (κ3) is 2.62. The SMILES string of the molecule is CO[NH+]([O-])c1cnn(C)c1[C@@H]1CCC=C[C@@H](C)O1. The van der Waals surface area contributed by atoms with Crippen molar-refractivity contribution in [3.05, 3.63) is 29.3 Å². The molecule has 1 N–H and O–H groups in total. The minimum atomic E-state index is -0.369. The molecule has 0 aliphatic carbocycles. The molecule has 6 nitrogen and oxygen atoms in total. The molecule has 1 aromatic rings. The fraction of sp³-hybridized carbons (Fsp3) is 0.583. The smallest absolute Gasteiger partial charge is 0.208 e. The monoisotopic (exact) mass is 253 g/mol. The van der Waals surface area contributed by atoms with E-state index in [-0.39, 0.29) is 17.4 Å². The largest absolute Gasteiger partial charge is 0.595 e. The minimum Gasteiger partial charge on any atom is -0.595 e. The van der Waals surface area contributed by atoms with Crippen molar-refractivity contribution in [1.29, 1.82) is 0 Å². The van der Waals surface area contributed by atoms with Gasteiger partial charge in [0.15, 0.2) is 0 Å². The van der Waals surface area contributed by atoms with Gasteiger partial charge in [0.05, 0.1) is 13.2 Å². The molecule has 0 saturated carbocycles. The van der Waals surface area contributed by atoms with Crippen molar-refractivity contribution in [3.8, 4) is 0 Å². The lowest BCUT2D eigenvalue weighted by Gasteiger charge is -2.22. The molecule has 1 aliphatic heterocycles. The predicted octanol–water partition coefficient (Wildman–Crippen LogP) is 0.792. The summed E-state index contributed by atoms with van der Waals surface area (Å²) in [6.07, 6.45) is 7.36. The number of ether oxygens (including phenoxy) is 1. The molecule has 1 unspecified atom stereocenters. The van der Waals surface area contributed by atoms with Crippen LogP contribution in [0.3, 0.4) is 0 Å². The van der Waals surface area contributed by atoms with E-state index in [1.54, 1.807) is 4.68 Å². The van der Waals surface area contributed by atoms with Crippen LogP contribution in [0.1, 0.15) is 31.6 Å². The summed E-state index contributed by atoms with van der Waals surface area (Å²) in [5, 5.41) is 15.5. The third-order valence-corrected chi connectivity index (χ3v) is 3.08. The lowest BCUT2D eigenvalue weighted by Crippen LogP contribution is -3.00. The van der Waals surface area contributed by atoms with Gasteiger partial charge in [0.1, 0.15) is 18.0 Å². The second-order valence-electron chi connectivity index (χ2n) is 4.39. The summed E-state index contributed by atoms with van der Waals surface area (Å²) in [4.78, 5) is 4.78. The Morgan fingerprint density at radius 2 is 2.39 bits per heavy atom. The number of quaternary nitrogens is 1. The number of hydrogen-bond donors (Lipinski definition) is 1. The normalized spacial score (nSPS) is 26.0. The van der Waals surface area contributed by atoms with E-state index in [0.717, 1.165) is 18.5 Å². The maximum atomic E-state index is 11.7. The molecule has 0 fully saturated rings. The molecule has 0 saturated heterocycles. The Morgan fingerprint density at radius 1 is 1.61 bits per heavy atom. The van der Waals surface area contributed by atoms with Crippen LogP contribution in [-0.4, -0.2) is 23.0 Å². The van der Waals surface area contributed by atoms with E-state index in [1.165, 1.54) is 13.3 Å². The zero-order valence-electron chi connectivity index (χ0n) is 10.9. The van der Waals surface area contributed by atoms with Gasteiger partial charge in [-0.2, -0.15) is 10.3 Å². The summed E-state index contributed by atoms with van der Waals surface area (Å²) in [5.74, 6) is 0. The van der Waals surface area contributed by atoms with Crippen LogP contribution in [0, 0.1) is 5.21 Å². The quantitative estimate of drug-likeness (QED) is 0.639. The van der Waals surface area contributed by atoms with E-state index < -0.39 is 0 Å². The molecule has 3 atom stereocenters. The van der Waals surface area contributed by atoms with Gasteiger partial charge in [-0.3, -0.25) is 4.68 Å². The molecule has 100 valence electrons. The van der Waals surface area contributed by atoms with E-state index in [1.807, 2.05) is 20.0 Å². The minimum absolute atomic E-state index is 0.0397. The third-order valence-electron chi connectivity index (χ3n) is 3.08. The molecule has 18 heavy (non-hydrogen) atoms. The van der Waals surface area contributed by atoms with Crippen LogP contribution in [0.2, 0.25) is 0 Å². The molecule has 6 heteroatoms. The average Bonchev–Trinajstić information content (AvgIpc) is 2.60. The lowest BCUT2D eigenvalue weighted by molar-refractivity contribution is -0.992. The lowest BCUT2D eigenvalue weighted by atomic mass is 10.1. The molecule has 1 aromatic heterocycles. The Balaban J connectivity index is 2.29. The Morgan fingerprint density at radius 3 is 3.11 bits per heavy atom. The first-order chi connectivity index (χ1) is 8.63. The molecule has 0 amide bonds. The summed E-state index contributed by atoms with van der Waals surface area (Å²) >= 11 is 0. The maximum absolute atomic E-state index is 11.7. The number of aromatic nitrogens is 2. The molecule has 2 heterocycles. The zero-order valence-corrected chi connectivity index (χ0v) is 10.9. The number of hydrogen-bond acceptors (Lipinski definition) is 4. The van der Waals surface area contributed by atoms with Crippen LogP contribution in [0.5, 0.6) is 0 Å². The highest BCUT2D eigenvalue weighted by molar-refractivity contribution is 5.34. The topological polar surface area (TPSA) is 63.8 Å². The van der Waals surface area contributed by atoms with Gasteiger partial charge in [-0.05, 0) is 19.8 Å². The highest BCUT2D eigenvalue weighted by Crippen LogP contribution is 2.30. The van der Waals surface area contributed by atoms with Crippen LogP contribution in [-0.2, 0) is 16.6 Å². The van der Waals surface area contributed by atoms with Crippen molar-refractivity contribution >= 4 is 5.69 Å². The van der Waals surface area contributed by atoms with Crippen molar-refractivity contribution in [3.63, 3.8) is 0 Å². The molecular formula is C12H19N3O3. The second kappa shape index (κ2) is 5.62. The molecule has 0 aromatic carbocycles. The Hall–Kier alpha value is -1.21. The molecule has 1 aliphatic rings. The highest BCUT2D eigenvalue weighted by Gasteiger charge is 2.27. The van der Waals surface area contributed by atoms with Gasteiger partial charge in [-0.1, -0.05) is 12.2 Å². The van der Waals surface area contributed by atoms with E-state index in [9.17, 15) is 5.21 Å². The predicted molar refractivity (Wildman–Crippen MR) is 65.9 cm³/mol. The van der Waals surface area contributed by atoms with E-state index >= 15 is 0 Å². The van der Waals surface area contributed by atoms with Gasteiger partial charge in [0.2, 0.25) is 5.69 Å². The highest BCUT2D eigenvalue weighted by atomic mass is 16.9. The van der Waals surface area contributed by atoms with Crippen molar-refractivity contribution in [2.75, 3.05) is 7.11 Å². The maximum Gasteiger partial charge on any atom is 0.208 e. The van der Waals surface area contributed by atoms with Gasteiger partial charge in [0, 0.05) is 7.05 Å². The van der Waals surface area contributed by atoms with Gasteiger partial charge < -0.3 is 9.94 Å². The van der Waals surface area contributed by atoms with E-state index in [2.05, 4.69) is 11.2 Å². The van der Waals surface area contributed by atoms with Gasteiger partial charge in [0.25, 0.3) is 0 Å². The Bertz CT molecular complexity index is 430. The zero-order chi connectivity index (χ0) is 13.1. The first kappa shape index (κ1) is 13.2. The molecule has 0 spiro atoms. The second-order valence-corrected chi connectivity index (χ2v) is 4.39. The Labute approximate surface area is 106 Å². The summed E-state index contributed by atoms with van der Waals surface area (Å²) in [5.41, 5.74) is 1.27. The number of rotatable bonds is 3. The van der Waals surface area contributed by atoms with Gasteiger partial charge in [-0.25, -0.2) is 4.84 Å². The molecule has 2 rings (SSSR count). The average molecular weight is 253 g/mol. The number of nitrogens with zero attached hydrogens (tertiary/aromatic N) is 2. The van der Waals surface area contributed by atoms with Crippen LogP contribution >= 0.6 is 0 Å². The number of nitrogens with one attached hydrogen (secondary N) is 1. The van der Waals surface area contributed by atoms with Gasteiger partial charge >= 0.3 is 0 Å². The molecule has 0 bridgehead atoms. The van der Waals surface area contributed by atoms with Crippen molar-refractivity contribution in [2.45, 2.75) is 32.0 Å². The van der Waals surface area contributed by atoms with Gasteiger partial charge in [-0.15, -0.1) is 0 Å². The van der Waals surface area contributed by atoms with Crippen molar-refractivity contribution < 1.29 is 14.8 Å². The van der Waals surface area contributed by atoms with Crippen LogP contribution in [0.4, 0.5) is 5.69 Å². The van der Waals surface area contributed by atoms with Crippen LogP contribution in [0.25, 0.3) is 0 Å². The number of allylic oxidation sites excluding steroid dienone is 1. The summed E-state index contributed by atoms with van der Waals surface area (Å²) in [6, 6.07) is 0. The molecular weight excluding hydrogens is 234 g/mol. The van der Waals surface area contributed by atoms with E-state index in [0.29, 0.717) is 5.69 Å². The Kier molecular flexibility index (Phi) is 4.13. The standard InChI is InChI=1S/C12H19N3O3/c1-9-6-4-5-7-11(18-9)12-10(15(16)17-3)8-13-14(12)2/h4,6,8-9,11,15H,5,7H2,1-3H3/t9-,11+/m1/s1. The van der Waals surface area contributed by atoms with Crippen molar-refractivity contribution in [1.82, 2.24) is 9.78 Å². The van der Waals surface area contributed by atoms with E-state index in [4.69, 9.17) is 9.57 Å². The fourth-order valence-electron chi connectivity index (χ4n) is 2.21. The molecule has 0 radical (unpaired) electrons. The fourth-order valence-corrected chi connectivity index (χ4v) is 2.21. The van der Waals surface area contributed by atoms with Crippen LogP contribution < -0.4 is 5.23 Å². The van der Waals surface area contributed by atoms with Crippen molar-refractivity contribution in [2.24, 2.45) is 7.05 Å². The first-order valence-electron chi connectivity index (χ1n) is 6.05. The summed E-state index contributed by atoms with van der Waals surface area (Å²) < 4.78 is 7.61. The first-order valence-corrected chi connectivity index (χ1v) is 6.05. The van der Waals surface area contributed by atoms with Crippen LogP contribution in [0.15, 0.2) is 18.3 Å². The summed E-state index contributed by atoms with van der Waals surface area (Å²) in [7, 11) is 3.19. The summed E-state index contributed by atoms with van der Waals surface area (Å²) in [6.45, 7) is 1.99.